The molecule has 13 nitrogen and oxygen atoms in total. The fourth-order valence-corrected chi connectivity index (χ4v) is 5.20. The Labute approximate surface area is 237 Å². The molecule has 222 valence electrons. The summed E-state index contributed by atoms with van der Waals surface area (Å²) in [5, 5.41) is 11.1. The van der Waals surface area contributed by atoms with Gasteiger partial charge in [-0.15, -0.1) is 0 Å². The van der Waals surface area contributed by atoms with Crippen molar-refractivity contribution in [3.63, 3.8) is 0 Å². The van der Waals surface area contributed by atoms with E-state index in [9.17, 15) is 9.59 Å². The highest BCUT2D eigenvalue weighted by Crippen LogP contribution is 2.45. The number of carbonyl (C=O) groups excluding carboxylic acids is 1. The highest BCUT2D eigenvalue weighted by Gasteiger charge is 2.59. The van der Waals surface area contributed by atoms with Crippen molar-refractivity contribution in [2.45, 2.75) is 76.5 Å². The number of benzene rings is 1. The normalized spacial score (nSPS) is 23.0. The van der Waals surface area contributed by atoms with E-state index in [0.717, 1.165) is 5.56 Å². The summed E-state index contributed by atoms with van der Waals surface area (Å²) in [7, 11) is -2.30. The number of anilines is 2. The average molecular weight is 591 g/mol. The lowest BCUT2D eigenvalue weighted by atomic mass is 9.98. The van der Waals surface area contributed by atoms with E-state index < -0.39 is 44.7 Å². The van der Waals surface area contributed by atoms with E-state index in [2.05, 4.69) is 41.0 Å². The van der Waals surface area contributed by atoms with Crippen LogP contribution in [0.2, 0.25) is 18.1 Å². The van der Waals surface area contributed by atoms with Crippen LogP contribution >= 0.6 is 0 Å². The number of nitrogen functional groups attached to an aromatic ring is 1. The van der Waals surface area contributed by atoms with Gasteiger partial charge in [0.1, 0.15) is 12.7 Å². The van der Waals surface area contributed by atoms with E-state index >= 15 is 4.39 Å². The van der Waals surface area contributed by atoms with E-state index in [1.165, 1.54) is 17.8 Å². The number of ether oxygens (including phenoxy) is 3. The van der Waals surface area contributed by atoms with Crippen molar-refractivity contribution in [3.8, 4) is 0 Å². The number of imidazole rings is 1. The van der Waals surface area contributed by atoms with Crippen molar-refractivity contribution < 1.29 is 37.7 Å². The predicted molar refractivity (Wildman–Crippen MR) is 149 cm³/mol. The zero-order chi connectivity index (χ0) is 30.2. The largest absolute Gasteiger partial charge is 0.509 e. The molecule has 4 rings (SSSR count). The maximum atomic E-state index is 16.7. The minimum absolute atomic E-state index is 0.0199. The first-order valence-electron chi connectivity index (χ1n) is 13.0. The lowest BCUT2D eigenvalue weighted by Crippen LogP contribution is -2.47. The van der Waals surface area contributed by atoms with Gasteiger partial charge in [0, 0.05) is 0 Å². The first-order valence-corrected chi connectivity index (χ1v) is 15.9. The Hall–Kier alpha value is -3.82. The van der Waals surface area contributed by atoms with Gasteiger partial charge >= 0.3 is 12.2 Å². The Bertz CT molecular complexity index is 1410. The SMILES string of the molecule is CC(C)(C)[Si](C)(C)OC[C@H]1O[C@@H](n2cnc3c(NC(=O)O)nc(N)nc32)[C@](C)(F)[C@@H]1OC(=O)OCc1ccccc1. The van der Waals surface area contributed by atoms with Crippen LogP contribution in [-0.4, -0.2) is 69.7 Å². The van der Waals surface area contributed by atoms with Gasteiger partial charge in [-0.3, -0.25) is 9.88 Å². The first kappa shape index (κ1) is 30.1. The molecule has 0 saturated carbocycles. The number of halogens is 1. The van der Waals surface area contributed by atoms with E-state index in [1.54, 1.807) is 24.3 Å². The number of aromatic nitrogens is 4. The third-order valence-corrected chi connectivity index (χ3v) is 11.9. The standard InChI is InChI=1S/C26H35FN6O7Si/c1-25(2,3)41(5,6)38-13-16-18(40-24(36)37-12-15-10-8-7-9-11-15)26(4,27)21(39-16)33-14-29-17-19(31-23(34)35)30-22(28)32-20(17)33/h7-11,14,16,18,21H,12-13H2,1-6H3,(H,34,35)(H3,28,30,31,32)/t16-,18-,21-,26-/m1/s1. The summed E-state index contributed by atoms with van der Waals surface area (Å²) in [4.78, 5) is 36.2. The molecule has 1 aromatic carbocycles. The van der Waals surface area contributed by atoms with Crippen LogP contribution < -0.4 is 11.1 Å². The third-order valence-electron chi connectivity index (χ3n) is 7.43. The molecule has 1 aliphatic rings. The summed E-state index contributed by atoms with van der Waals surface area (Å²) in [6.45, 7) is 11.4. The first-order chi connectivity index (χ1) is 19.1. The quantitative estimate of drug-likeness (QED) is 0.241. The number of nitrogens with two attached hydrogens (primary N) is 1. The molecule has 4 atom stereocenters. The van der Waals surface area contributed by atoms with Crippen LogP contribution in [0.4, 0.5) is 25.7 Å². The summed E-state index contributed by atoms with van der Waals surface area (Å²) >= 11 is 0. The van der Waals surface area contributed by atoms with Gasteiger partial charge in [0.05, 0.1) is 12.9 Å². The second-order valence-corrected chi connectivity index (χ2v) is 16.3. The predicted octanol–water partition coefficient (Wildman–Crippen LogP) is 4.87. The molecule has 3 heterocycles. The van der Waals surface area contributed by atoms with Gasteiger partial charge in [-0.25, -0.2) is 19.0 Å². The molecule has 0 radical (unpaired) electrons. The van der Waals surface area contributed by atoms with Crippen molar-refractivity contribution in [2.75, 3.05) is 17.7 Å². The van der Waals surface area contributed by atoms with Crippen LogP contribution in [0.3, 0.4) is 0 Å². The van der Waals surface area contributed by atoms with Gasteiger partial charge in [0.2, 0.25) is 5.95 Å². The zero-order valence-corrected chi connectivity index (χ0v) is 24.8. The van der Waals surface area contributed by atoms with Crippen LogP contribution in [0.25, 0.3) is 11.2 Å². The van der Waals surface area contributed by atoms with Crippen LogP contribution in [0, 0.1) is 0 Å². The molecular weight excluding hydrogens is 555 g/mol. The van der Waals surface area contributed by atoms with E-state index in [0.29, 0.717) is 0 Å². The number of nitrogens with one attached hydrogen (secondary N) is 1. The topological polar surface area (TPSA) is 173 Å². The second kappa shape index (κ2) is 11.2. The third kappa shape index (κ3) is 6.41. The molecular formula is C26H35FN6O7Si. The number of fused-ring (bicyclic) bond motifs is 1. The monoisotopic (exact) mass is 590 g/mol. The van der Waals surface area contributed by atoms with Gasteiger partial charge in [0.15, 0.2) is 43.3 Å². The minimum atomic E-state index is -2.33. The molecule has 0 unspecified atom stereocenters. The number of amides is 1. The molecule has 0 bridgehead atoms. The number of carboxylic acid groups (broad SMARTS) is 1. The van der Waals surface area contributed by atoms with Gasteiger partial charge in [-0.1, -0.05) is 51.1 Å². The van der Waals surface area contributed by atoms with E-state index in [-0.39, 0.29) is 41.2 Å². The summed E-state index contributed by atoms with van der Waals surface area (Å²) in [5.41, 5.74) is 4.25. The highest BCUT2D eigenvalue weighted by molar-refractivity contribution is 6.74. The smallest absolute Gasteiger partial charge is 0.465 e. The molecule has 15 heteroatoms. The summed E-state index contributed by atoms with van der Waals surface area (Å²) in [6, 6.07) is 8.99. The minimum Gasteiger partial charge on any atom is -0.465 e. The van der Waals surface area contributed by atoms with Crippen LogP contribution in [-0.2, 0) is 25.2 Å². The number of carbonyl (C=O) groups is 2. The summed E-state index contributed by atoms with van der Waals surface area (Å²) < 4.78 is 41.3. The van der Waals surface area contributed by atoms with Crippen molar-refractivity contribution in [3.05, 3.63) is 42.2 Å². The van der Waals surface area contributed by atoms with Crippen LogP contribution in [0.1, 0.15) is 39.5 Å². The molecule has 1 amide bonds. The number of nitrogens with zero attached hydrogens (tertiary/aromatic N) is 4. The Morgan fingerprint density at radius 1 is 1.24 bits per heavy atom. The Kier molecular flexibility index (Phi) is 8.25. The lowest BCUT2D eigenvalue weighted by Gasteiger charge is -2.37. The number of hydrogen-bond donors (Lipinski definition) is 3. The molecule has 3 aromatic rings. The van der Waals surface area contributed by atoms with Crippen molar-refractivity contribution >= 4 is 43.5 Å². The Morgan fingerprint density at radius 3 is 2.56 bits per heavy atom. The van der Waals surface area contributed by atoms with Crippen LogP contribution in [0.5, 0.6) is 0 Å². The maximum absolute atomic E-state index is 16.7. The van der Waals surface area contributed by atoms with Gasteiger partial charge < -0.3 is 29.5 Å². The van der Waals surface area contributed by atoms with E-state index in [1.807, 2.05) is 19.2 Å². The molecule has 4 N–H and O–H groups in total. The molecule has 0 spiro atoms. The maximum Gasteiger partial charge on any atom is 0.509 e. The average Bonchev–Trinajstić information content (AvgIpc) is 3.39. The van der Waals surface area contributed by atoms with Gasteiger partial charge in [-0.05, 0) is 30.6 Å². The molecule has 41 heavy (non-hydrogen) atoms. The van der Waals surface area contributed by atoms with Crippen molar-refractivity contribution in [1.29, 1.82) is 0 Å². The Morgan fingerprint density at radius 2 is 1.93 bits per heavy atom. The summed E-state index contributed by atoms with van der Waals surface area (Å²) in [6.07, 6.45) is -5.10. The number of hydrogen-bond acceptors (Lipinski definition) is 10. The van der Waals surface area contributed by atoms with E-state index in [4.69, 9.17) is 29.5 Å². The molecule has 0 aliphatic carbocycles. The molecule has 1 aliphatic heterocycles. The molecule has 1 fully saturated rings. The van der Waals surface area contributed by atoms with Gasteiger partial charge in [0.25, 0.3) is 0 Å². The second-order valence-electron chi connectivity index (χ2n) is 11.5. The highest BCUT2D eigenvalue weighted by atomic mass is 28.4. The van der Waals surface area contributed by atoms with Gasteiger partial charge in [-0.2, -0.15) is 9.97 Å². The number of rotatable bonds is 8. The van der Waals surface area contributed by atoms with Crippen LogP contribution in [0.15, 0.2) is 36.7 Å². The fraction of sp³-hybridized carbons (Fsp3) is 0.500. The van der Waals surface area contributed by atoms with Crippen molar-refractivity contribution in [2.24, 2.45) is 0 Å². The van der Waals surface area contributed by atoms with Crippen molar-refractivity contribution in [1.82, 2.24) is 19.5 Å². The molecule has 2 aromatic heterocycles. The Balaban J connectivity index is 1.65. The fourth-order valence-electron chi connectivity index (χ4n) is 4.18. The lowest BCUT2D eigenvalue weighted by molar-refractivity contribution is -0.0555. The zero-order valence-electron chi connectivity index (χ0n) is 23.8. The number of alkyl halides is 1. The molecule has 1 saturated heterocycles. The summed E-state index contributed by atoms with van der Waals surface area (Å²) in [5.74, 6) is -0.441.